The normalized spacial score (nSPS) is 10.6. The van der Waals surface area contributed by atoms with Gasteiger partial charge in [-0.2, -0.15) is 5.26 Å². The van der Waals surface area contributed by atoms with E-state index in [1.54, 1.807) is 18.7 Å². The Morgan fingerprint density at radius 3 is 2.81 bits per heavy atom. The van der Waals surface area contributed by atoms with Crippen LogP contribution >= 0.6 is 15.9 Å². The van der Waals surface area contributed by atoms with Gasteiger partial charge in [-0.25, -0.2) is 4.98 Å². The second kappa shape index (κ2) is 7.09. The van der Waals surface area contributed by atoms with Crippen LogP contribution in [-0.2, 0) is 0 Å². The van der Waals surface area contributed by atoms with E-state index in [1.165, 1.54) is 0 Å². The number of aromatic nitrogens is 3. The minimum atomic E-state index is 0.490. The molecule has 7 heteroatoms. The summed E-state index contributed by atoms with van der Waals surface area (Å²) in [5.74, 6) is 0.875. The first-order chi connectivity index (χ1) is 13.2. The van der Waals surface area contributed by atoms with Crippen LogP contribution in [0.25, 0.3) is 10.9 Å². The number of nitrogens with zero attached hydrogens (tertiary/aromatic N) is 4. The molecular formula is C20H15BrN6. The van der Waals surface area contributed by atoms with E-state index in [-0.39, 0.29) is 0 Å². The van der Waals surface area contributed by atoms with Crippen LogP contribution in [0, 0.1) is 11.3 Å². The van der Waals surface area contributed by atoms with E-state index in [4.69, 9.17) is 0 Å². The summed E-state index contributed by atoms with van der Waals surface area (Å²) in [6.07, 6.45) is 5.00. The van der Waals surface area contributed by atoms with E-state index in [9.17, 15) is 5.26 Å². The van der Waals surface area contributed by atoms with Crippen LogP contribution in [0.4, 0.5) is 22.9 Å². The molecule has 0 saturated heterocycles. The third kappa shape index (κ3) is 3.35. The molecule has 2 aromatic carbocycles. The number of hydrogen-bond acceptors (Lipinski definition) is 5. The average molecular weight is 419 g/mol. The highest BCUT2D eigenvalue weighted by Gasteiger charge is 2.13. The van der Waals surface area contributed by atoms with Crippen molar-refractivity contribution in [3.63, 3.8) is 0 Å². The second-order valence-electron chi connectivity index (χ2n) is 5.99. The molecule has 2 N–H and O–H groups in total. The van der Waals surface area contributed by atoms with Crippen molar-refractivity contribution in [1.82, 2.24) is 15.0 Å². The number of pyridine rings is 1. The zero-order chi connectivity index (χ0) is 18.8. The van der Waals surface area contributed by atoms with Crippen molar-refractivity contribution in [2.45, 2.75) is 0 Å². The third-order valence-electron chi connectivity index (χ3n) is 4.30. The highest BCUT2D eigenvalue weighted by atomic mass is 79.9. The summed E-state index contributed by atoms with van der Waals surface area (Å²) in [4.78, 5) is 13.6. The SMILES string of the molecule is CN(c1ccc2ncc(C#N)c(Nc3cccc(Br)c3)c2c1)c1cnc[nH]1. The molecule has 0 aliphatic heterocycles. The van der Waals surface area contributed by atoms with Crippen LogP contribution in [0.5, 0.6) is 0 Å². The standard InChI is InChI=1S/C20H15BrN6/c1-27(19-11-23-12-25-19)16-5-6-18-17(8-16)20(13(9-22)10-24-18)26-15-4-2-3-14(21)7-15/h2-8,10-12H,1H3,(H,23,25)(H,24,26). The first-order valence-corrected chi connectivity index (χ1v) is 9.02. The Balaban J connectivity index is 1.85. The maximum absolute atomic E-state index is 9.58. The summed E-state index contributed by atoms with van der Waals surface area (Å²) in [7, 11) is 1.96. The van der Waals surface area contributed by atoms with E-state index in [0.717, 1.165) is 38.3 Å². The minimum absolute atomic E-state index is 0.490. The van der Waals surface area contributed by atoms with Crippen LogP contribution < -0.4 is 10.2 Å². The molecule has 27 heavy (non-hydrogen) atoms. The fourth-order valence-corrected chi connectivity index (χ4v) is 3.29. The number of benzene rings is 2. The lowest BCUT2D eigenvalue weighted by Gasteiger charge is -2.19. The van der Waals surface area contributed by atoms with Crippen molar-refractivity contribution in [2.24, 2.45) is 0 Å². The van der Waals surface area contributed by atoms with Gasteiger partial charge in [0.2, 0.25) is 0 Å². The van der Waals surface area contributed by atoms with Gasteiger partial charge in [0.15, 0.2) is 0 Å². The number of nitrogens with one attached hydrogen (secondary N) is 2. The molecule has 0 radical (unpaired) electrons. The molecule has 2 heterocycles. The van der Waals surface area contributed by atoms with Gasteiger partial charge >= 0.3 is 0 Å². The monoisotopic (exact) mass is 418 g/mol. The van der Waals surface area contributed by atoms with Gasteiger partial charge in [-0.05, 0) is 36.4 Å². The third-order valence-corrected chi connectivity index (χ3v) is 4.79. The Kier molecular flexibility index (Phi) is 4.48. The van der Waals surface area contributed by atoms with Gasteiger partial charge in [-0.1, -0.05) is 22.0 Å². The van der Waals surface area contributed by atoms with E-state index >= 15 is 0 Å². The van der Waals surface area contributed by atoms with E-state index in [1.807, 2.05) is 54.4 Å². The predicted octanol–water partition coefficient (Wildman–Crippen LogP) is 5.10. The number of imidazole rings is 1. The molecule has 2 aromatic heterocycles. The lowest BCUT2D eigenvalue weighted by atomic mass is 10.1. The Morgan fingerprint density at radius 1 is 1.19 bits per heavy atom. The Bertz CT molecular complexity index is 1150. The van der Waals surface area contributed by atoms with Crippen molar-refractivity contribution < 1.29 is 0 Å². The van der Waals surface area contributed by atoms with Gasteiger partial charge in [0.1, 0.15) is 11.9 Å². The molecule has 0 unspecified atom stereocenters. The van der Waals surface area contributed by atoms with Crippen molar-refractivity contribution in [3.05, 3.63) is 71.2 Å². The van der Waals surface area contributed by atoms with Crippen LogP contribution in [0.1, 0.15) is 5.56 Å². The average Bonchev–Trinajstić information content (AvgIpc) is 3.22. The summed E-state index contributed by atoms with van der Waals surface area (Å²) in [5.41, 5.74) is 3.89. The summed E-state index contributed by atoms with van der Waals surface area (Å²) < 4.78 is 0.962. The molecule has 0 saturated carbocycles. The Labute approximate surface area is 164 Å². The van der Waals surface area contributed by atoms with Crippen LogP contribution in [0.2, 0.25) is 0 Å². The quantitative estimate of drug-likeness (QED) is 0.481. The topological polar surface area (TPSA) is 80.6 Å². The van der Waals surface area contributed by atoms with E-state index in [2.05, 4.69) is 42.3 Å². The lowest BCUT2D eigenvalue weighted by Crippen LogP contribution is -2.09. The molecule has 6 nitrogen and oxygen atoms in total. The van der Waals surface area contributed by atoms with E-state index < -0.39 is 0 Å². The number of halogens is 1. The molecule has 4 rings (SSSR count). The number of anilines is 4. The van der Waals surface area contributed by atoms with Crippen LogP contribution in [0.15, 0.2) is 65.7 Å². The first-order valence-electron chi connectivity index (χ1n) is 8.23. The van der Waals surface area contributed by atoms with Gasteiger partial charge in [0, 0.05) is 34.5 Å². The predicted molar refractivity (Wildman–Crippen MR) is 111 cm³/mol. The largest absolute Gasteiger partial charge is 0.354 e. The summed E-state index contributed by atoms with van der Waals surface area (Å²) in [6.45, 7) is 0. The molecule has 4 aromatic rings. The van der Waals surface area contributed by atoms with Gasteiger partial charge in [-0.15, -0.1) is 0 Å². The number of rotatable bonds is 4. The molecule has 0 fully saturated rings. The van der Waals surface area contributed by atoms with Crippen molar-refractivity contribution >= 4 is 49.7 Å². The number of hydrogen-bond donors (Lipinski definition) is 2. The van der Waals surface area contributed by atoms with Crippen molar-refractivity contribution in [1.29, 1.82) is 5.26 Å². The van der Waals surface area contributed by atoms with Crippen molar-refractivity contribution in [2.75, 3.05) is 17.3 Å². The van der Waals surface area contributed by atoms with Gasteiger partial charge in [0.25, 0.3) is 0 Å². The van der Waals surface area contributed by atoms with Crippen LogP contribution in [0.3, 0.4) is 0 Å². The summed E-state index contributed by atoms with van der Waals surface area (Å²) in [5, 5.41) is 13.8. The molecular weight excluding hydrogens is 404 g/mol. The second-order valence-corrected chi connectivity index (χ2v) is 6.91. The summed E-state index contributed by atoms with van der Waals surface area (Å²) >= 11 is 3.48. The fraction of sp³-hybridized carbons (Fsp3) is 0.0500. The maximum atomic E-state index is 9.58. The van der Waals surface area contributed by atoms with Gasteiger partial charge in [0.05, 0.1) is 29.3 Å². The minimum Gasteiger partial charge on any atom is -0.354 e. The Morgan fingerprint density at radius 2 is 2.07 bits per heavy atom. The number of fused-ring (bicyclic) bond motifs is 1. The maximum Gasteiger partial charge on any atom is 0.130 e. The van der Waals surface area contributed by atoms with Gasteiger partial charge in [-0.3, -0.25) is 4.98 Å². The van der Waals surface area contributed by atoms with Crippen molar-refractivity contribution in [3.8, 4) is 6.07 Å². The Hall–Kier alpha value is -3.37. The number of nitriles is 1. The molecule has 0 atom stereocenters. The van der Waals surface area contributed by atoms with Gasteiger partial charge < -0.3 is 15.2 Å². The molecule has 132 valence electrons. The highest BCUT2D eigenvalue weighted by Crippen LogP contribution is 2.33. The number of H-pyrrole nitrogens is 1. The number of aromatic amines is 1. The molecule has 0 spiro atoms. The summed E-state index contributed by atoms with van der Waals surface area (Å²) in [6, 6.07) is 16.0. The highest BCUT2D eigenvalue weighted by molar-refractivity contribution is 9.10. The molecule has 0 aliphatic rings. The zero-order valence-electron chi connectivity index (χ0n) is 14.4. The first kappa shape index (κ1) is 17.1. The molecule has 0 amide bonds. The fourth-order valence-electron chi connectivity index (χ4n) is 2.89. The lowest BCUT2D eigenvalue weighted by molar-refractivity contribution is 1.15. The molecule has 0 bridgehead atoms. The molecule has 0 aliphatic carbocycles. The smallest absolute Gasteiger partial charge is 0.130 e. The van der Waals surface area contributed by atoms with E-state index in [0.29, 0.717) is 5.56 Å². The zero-order valence-corrected chi connectivity index (χ0v) is 16.0. The van der Waals surface area contributed by atoms with Crippen LogP contribution in [-0.4, -0.2) is 22.0 Å².